The predicted octanol–water partition coefficient (Wildman–Crippen LogP) is 3.08. The van der Waals surface area contributed by atoms with Crippen LogP contribution in [-0.4, -0.2) is 32.6 Å². The fourth-order valence-electron chi connectivity index (χ4n) is 2.76. The van der Waals surface area contributed by atoms with Crippen molar-refractivity contribution in [2.24, 2.45) is 5.92 Å². The molecule has 2 aliphatic rings. The maximum Gasteiger partial charge on any atom is 0.411 e. The Morgan fingerprint density at radius 1 is 1.53 bits per heavy atom. The highest BCUT2D eigenvalue weighted by Gasteiger charge is 2.56. The van der Waals surface area contributed by atoms with Crippen molar-refractivity contribution in [1.82, 2.24) is 14.9 Å². The molecule has 1 aromatic heterocycles. The molecule has 104 valence electrons. The summed E-state index contributed by atoms with van der Waals surface area (Å²) in [5, 5.41) is 0. The van der Waals surface area contributed by atoms with Gasteiger partial charge in [0.15, 0.2) is 0 Å². The Balaban J connectivity index is 1.80. The third-order valence-corrected chi connectivity index (χ3v) is 4.14. The molecule has 1 aromatic rings. The van der Waals surface area contributed by atoms with Gasteiger partial charge in [-0.15, -0.1) is 0 Å². The van der Waals surface area contributed by atoms with Crippen molar-refractivity contribution in [3.8, 4) is 0 Å². The molecule has 2 fully saturated rings. The van der Waals surface area contributed by atoms with E-state index in [1.807, 2.05) is 31.9 Å². The van der Waals surface area contributed by atoms with E-state index in [0.717, 1.165) is 22.4 Å². The van der Waals surface area contributed by atoms with Crippen molar-refractivity contribution in [2.45, 2.75) is 51.3 Å². The maximum absolute atomic E-state index is 12.3. The van der Waals surface area contributed by atoms with Gasteiger partial charge in [0.25, 0.3) is 0 Å². The standard InChI is InChI=1S/C13H18IN3O2/c1-13(2,3)19-12(18)17-8-4-7(8)5-9(17)11-15-6-10(14)16-11/h6-9H,4-5H2,1-3H3,(H,15,16)/t7-,8-,9?/m1/s1. The smallest absolute Gasteiger partial charge is 0.411 e. The minimum atomic E-state index is -0.452. The highest BCUT2D eigenvalue weighted by atomic mass is 127. The minimum Gasteiger partial charge on any atom is -0.444 e. The largest absolute Gasteiger partial charge is 0.444 e. The molecule has 1 aliphatic carbocycles. The molecule has 6 heteroatoms. The zero-order chi connectivity index (χ0) is 13.8. The molecule has 2 heterocycles. The summed E-state index contributed by atoms with van der Waals surface area (Å²) in [6, 6.07) is 0.393. The van der Waals surface area contributed by atoms with Crippen molar-refractivity contribution >= 4 is 28.7 Å². The number of nitrogens with one attached hydrogen (secondary N) is 1. The Labute approximate surface area is 126 Å². The maximum atomic E-state index is 12.3. The number of H-pyrrole nitrogens is 1. The predicted molar refractivity (Wildman–Crippen MR) is 78.6 cm³/mol. The first kappa shape index (κ1) is 13.2. The number of carbonyl (C=O) groups excluding carboxylic acids is 1. The van der Waals surface area contributed by atoms with Gasteiger partial charge in [-0.25, -0.2) is 9.78 Å². The van der Waals surface area contributed by atoms with Gasteiger partial charge in [-0.05, 0) is 62.1 Å². The van der Waals surface area contributed by atoms with Gasteiger partial charge in [0.2, 0.25) is 0 Å². The number of nitrogens with zero attached hydrogens (tertiary/aromatic N) is 2. The summed E-state index contributed by atoms with van der Waals surface area (Å²) in [5.74, 6) is 1.50. The van der Waals surface area contributed by atoms with Crippen LogP contribution in [0.5, 0.6) is 0 Å². The van der Waals surface area contributed by atoms with Crippen LogP contribution in [0.25, 0.3) is 0 Å². The number of piperidine rings is 1. The molecule has 0 aromatic carbocycles. The zero-order valence-corrected chi connectivity index (χ0v) is 13.5. The average molecular weight is 375 g/mol. The Morgan fingerprint density at radius 3 is 2.84 bits per heavy atom. The van der Waals surface area contributed by atoms with Crippen LogP contribution in [0.3, 0.4) is 0 Å². The Morgan fingerprint density at radius 2 is 2.26 bits per heavy atom. The molecular weight excluding hydrogens is 357 g/mol. The van der Waals surface area contributed by atoms with Gasteiger partial charge in [-0.3, -0.25) is 4.90 Å². The summed E-state index contributed by atoms with van der Waals surface area (Å²) in [6.07, 6.45) is 3.75. The van der Waals surface area contributed by atoms with Gasteiger partial charge in [-0.2, -0.15) is 0 Å². The van der Waals surface area contributed by atoms with E-state index in [0.29, 0.717) is 12.0 Å². The fourth-order valence-corrected chi connectivity index (χ4v) is 3.18. The van der Waals surface area contributed by atoms with Crippen LogP contribution in [0, 0.1) is 9.62 Å². The summed E-state index contributed by atoms with van der Waals surface area (Å²) in [6.45, 7) is 5.70. The van der Waals surface area contributed by atoms with Gasteiger partial charge in [0.05, 0.1) is 6.04 Å². The number of ether oxygens (including phenoxy) is 1. The number of fused-ring (bicyclic) bond motifs is 1. The summed E-state index contributed by atoms with van der Waals surface area (Å²) >= 11 is 2.17. The van der Waals surface area contributed by atoms with E-state index in [1.165, 1.54) is 0 Å². The van der Waals surface area contributed by atoms with E-state index < -0.39 is 5.60 Å². The fraction of sp³-hybridized carbons (Fsp3) is 0.692. The van der Waals surface area contributed by atoms with Crippen LogP contribution in [0.4, 0.5) is 4.79 Å². The van der Waals surface area contributed by atoms with E-state index in [1.54, 1.807) is 0 Å². The van der Waals surface area contributed by atoms with E-state index in [4.69, 9.17) is 4.74 Å². The lowest BCUT2D eigenvalue weighted by Gasteiger charge is -2.29. The van der Waals surface area contributed by atoms with E-state index in [9.17, 15) is 4.79 Å². The highest BCUT2D eigenvalue weighted by Crippen LogP contribution is 2.53. The lowest BCUT2D eigenvalue weighted by atomic mass is 10.1. The Bertz CT molecular complexity index is 508. The molecule has 19 heavy (non-hydrogen) atoms. The molecule has 1 aliphatic heterocycles. The van der Waals surface area contributed by atoms with E-state index in [2.05, 4.69) is 32.6 Å². The monoisotopic (exact) mass is 375 g/mol. The molecule has 0 spiro atoms. The second-order valence-electron chi connectivity index (χ2n) is 6.31. The minimum absolute atomic E-state index is 0.0436. The summed E-state index contributed by atoms with van der Waals surface area (Å²) in [4.78, 5) is 21.9. The van der Waals surface area contributed by atoms with Crippen molar-refractivity contribution in [3.63, 3.8) is 0 Å². The summed E-state index contributed by atoms with van der Waals surface area (Å²) in [5.41, 5.74) is -0.452. The van der Waals surface area contributed by atoms with Gasteiger partial charge in [0.1, 0.15) is 15.1 Å². The van der Waals surface area contributed by atoms with Crippen molar-refractivity contribution in [3.05, 3.63) is 15.7 Å². The molecular formula is C13H18IN3O2. The van der Waals surface area contributed by atoms with Gasteiger partial charge < -0.3 is 9.72 Å². The first-order valence-corrected chi connectivity index (χ1v) is 7.65. The molecule has 0 radical (unpaired) electrons. The second kappa shape index (κ2) is 4.36. The van der Waals surface area contributed by atoms with Gasteiger partial charge in [-0.1, -0.05) is 0 Å². The SMILES string of the molecule is CC(C)(C)OC(=O)N1C(c2nc(I)c[nH]2)C[C@H]2C[C@H]21. The molecule has 3 rings (SSSR count). The normalized spacial score (nSPS) is 29.3. The van der Waals surface area contributed by atoms with Crippen LogP contribution in [-0.2, 0) is 4.74 Å². The quantitative estimate of drug-likeness (QED) is 0.768. The zero-order valence-electron chi connectivity index (χ0n) is 11.3. The Kier molecular flexibility index (Phi) is 3.03. The number of rotatable bonds is 1. The molecule has 1 saturated carbocycles. The van der Waals surface area contributed by atoms with Gasteiger partial charge in [0, 0.05) is 12.2 Å². The first-order valence-electron chi connectivity index (χ1n) is 6.57. The highest BCUT2D eigenvalue weighted by molar-refractivity contribution is 14.1. The molecule has 1 saturated heterocycles. The van der Waals surface area contributed by atoms with E-state index in [-0.39, 0.29) is 12.1 Å². The number of aromatic amines is 1. The van der Waals surface area contributed by atoms with E-state index >= 15 is 0 Å². The van der Waals surface area contributed by atoms with Crippen LogP contribution in [0.15, 0.2) is 6.20 Å². The lowest BCUT2D eigenvalue weighted by Crippen LogP contribution is -2.38. The lowest BCUT2D eigenvalue weighted by molar-refractivity contribution is 0.0175. The third-order valence-electron chi connectivity index (χ3n) is 3.59. The number of halogens is 1. The van der Waals surface area contributed by atoms with Crippen LogP contribution in [0.2, 0.25) is 0 Å². The first-order chi connectivity index (χ1) is 8.85. The number of likely N-dealkylation sites (tertiary alicyclic amines) is 1. The number of carbonyl (C=O) groups is 1. The number of imidazole rings is 1. The number of hydrogen-bond acceptors (Lipinski definition) is 3. The number of amides is 1. The van der Waals surface area contributed by atoms with Crippen molar-refractivity contribution in [2.75, 3.05) is 0 Å². The number of aromatic nitrogens is 2. The molecule has 5 nitrogen and oxygen atoms in total. The molecule has 1 amide bonds. The second-order valence-corrected chi connectivity index (χ2v) is 7.42. The van der Waals surface area contributed by atoms with Crippen LogP contribution < -0.4 is 0 Å². The topological polar surface area (TPSA) is 58.2 Å². The summed E-state index contributed by atoms with van der Waals surface area (Å²) in [7, 11) is 0. The third kappa shape index (κ3) is 2.59. The van der Waals surface area contributed by atoms with Crippen molar-refractivity contribution in [1.29, 1.82) is 0 Å². The van der Waals surface area contributed by atoms with Crippen LogP contribution >= 0.6 is 22.6 Å². The molecule has 3 atom stereocenters. The number of hydrogen-bond donors (Lipinski definition) is 1. The van der Waals surface area contributed by atoms with Crippen LogP contribution in [0.1, 0.15) is 45.5 Å². The Hall–Kier alpha value is -0.790. The average Bonchev–Trinajstić information content (AvgIpc) is 2.73. The summed E-state index contributed by atoms with van der Waals surface area (Å²) < 4.78 is 6.45. The molecule has 0 bridgehead atoms. The van der Waals surface area contributed by atoms with Gasteiger partial charge >= 0.3 is 6.09 Å². The van der Waals surface area contributed by atoms with Crippen molar-refractivity contribution < 1.29 is 9.53 Å². The molecule has 1 unspecified atom stereocenters. The molecule has 1 N–H and O–H groups in total.